The van der Waals surface area contributed by atoms with Gasteiger partial charge in [0.2, 0.25) is 0 Å². The molecule has 0 bridgehead atoms. The largest absolute Gasteiger partial charge is 0.310 e. The molecule has 1 unspecified atom stereocenters. The molecular weight excluding hydrogens is 329 g/mol. The lowest BCUT2D eigenvalue weighted by Gasteiger charge is -2.21. The zero-order chi connectivity index (χ0) is 15.4. The van der Waals surface area contributed by atoms with E-state index in [2.05, 4.69) is 60.2 Å². The second-order valence-corrected chi connectivity index (χ2v) is 6.18. The van der Waals surface area contributed by atoms with Gasteiger partial charge in [0.15, 0.2) is 0 Å². The van der Waals surface area contributed by atoms with Crippen molar-refractivity contribution >= 4 is 15.9 Å². The molecule has 0 amide bonds. The van der Waals surface area contributed by atoms with Crippen LogP contribution < -0.4 is 5.32 Å². The number of halogens is 2. The Labute approximate surface area is 134 Å². The molecule has 0 aliphatic carbocycles. The predicted octanol–water partition coefficient (Wildman–Crippen LogP) is 5.10. The van der Waals surface area contributed by atoms with E-state index in [1.807, 2.05) is 6.07 Å². The average Bonchev–Trinajstić information content (AvgIpc) is 2.45. The number of rotatable bonds is 5. The number of likely N-dealkylation sites (N-methyl/N-ethyl adjacent to an activating group) is 1. The third-order valence-corrected chi connectivity index (χ3v) is 4.57. The van der Waals surface area contributed by atoms with Crippen molar-refractivity contribution in [3.8, 4) is 0 Å². The summed E-state index contributed by atoms with van der Waals surface area (Å²) in [6.07, 6.45) is 0.851. The van der Waals surface area contributed by atoms with E-state index < -0.39 is 0 Å². The van der Waals surface area contributed by atoms with E-state index >= 15 is 0 Å². The van der Waals surface area contributed by atoms with Crippen LogP contribution in [-0.4, -0.2) is 6.54 Å². The molecule has 0 spiro atoms. The summed E-state index contributed by atoms with van der Waals surface area (Å²) in [5.74, 6) is -0.212. The summed E-state index contributed by atoms with van der Waals surface area (Å²) >= 11 is 3.38. The van der Waals surface area contributed by atoms with Gasteiger partial charge >= 0.3 is 0 Å². The van der Waals surface area contributed by atoms with Gasteiger partial charge in [-0.05, 0) is 65.5 Å². The molecule has 0 radical (unpaired) electrons. The maximum Gasteiger partial charge on any atom is 0.137 e. The number of benzene rings is 2. The first kappa shape index (κ1) is 16.2. The van der Waals surface area contributed by atoms with Gasteiger partial charge in [0.1, 0.15) is 5.82 Å². The highest BCUT2D eigenvalue weighted by molar-refractivity contribution is 9.10. The summed E-state index contributed by atoms with van der Waals surface area (Å²) < 4.78 is 14.3. The molecule has 0 heterocycles. The van der Waals surface area contributed by atoms with Crippen LogP contribution in [-0.2, 0) is 6.42 Å². The quantitative estimate of drug-likeness (QED) is 0.791. The fraction of sp³-hybridized carbons (Fsp3) is 0.333. The van der Waals surface area contributed by atoms with Gasteiger partial charge in [0.05, 0.1) is 4.47 Å². The Bertz CT molecular complexity index is 625. The van der Waals surface area contributed by atoms with Gasteiger partial charge in [-0.25, -0.2) is 4.39 Å². The highest BCUT2D eigenvalue weighted by Gasteiger charge is 2.17. The summed E-state index contributed by atoms with van der Waals surface area (Å²) in [5.41, 5.74) is 4.80. The first-order valence-corrected chi connectivity index (χ1v) is 8.05. The van der Waals surface area contributed by atoms with Crippen molar-refractivity contribution in [2.75, 3.05) is 6.54 Å². The summed E-state index contributed by atoms with van der Waals surface area (Å²) in [5, 5.41) is 3.47. The number of hydrogen-bond donors (Lipinski definition) is 1. The molecule has 3 heteroatoms. The molecule has 0 fully saturated rings. The Kier molecular flexibility index (Phi) is 5.54. The molecule has 112 valence electrons. The first-order chi connectivity index (χ1) is 10.0. The Balaban J connectivity index is 2.35. The number of hydrogen-bond acceptors (Lipinski definition) is 1. The lowest BCUT2D eigenvalue weighted by atomic mass is 9.95. The maximum absolute atomic E-state index is 13.8. The van der Waals surface area contributed by atoms with Crippen molar-refractivity contribution in [3.05, 3.63) is 68.9 Å². The van der Waals surface area contributed by atoms with Crippen LogP contribution in [0, 0.1) is 19.7 Å². The molecule has 2 aromatic carbocycles. The van der Waals surface area contributed by atoms with Crippen LogP contribution in [0.1, 0.15) is 35.2 Å². The van der Waals surface area contributed by atoms with E-state index in [1.54, 1.807) is 6.07 Å². The van der Waals surface area contributed by atoms with Crippen LogP contribution in [0.5, 0.6) is 0 Å². The van der Waals surface area contributed by atoms with Crippen LogP contribution in [0.2, 0.25) is 0 Å². The molecular formula is C18H21BrFN. The summed E-state index contributed by atoms with van der Waals surface area (Å²) in [6, 6.07) is 11.8. The zero-order valence-electron chi connectivity index (χ0n) is 12.7. The second kappa shape index (κ2) is 7.19. The van der Waals surface area contributed by atoms with E-state index in [-0.39, 0.29) is 11.9 Å². The molecule has 0 aromatic heterocycles. The van der Waals surface area contributed by atoms with Crippen molar-refractivity contribution in [2.45, 2.75) is 33.2 Å². The van der Waals surface area contributed by atoms with Gasteiger partial charge in [-0.1, -0.05) is 42.8 Å². The van der Waals surface area contributed by atoms with Crippen molar-refractivity contribution in [2.24, 2.45) is 0 Å². The zero-order valence-corrected chi connectivity index (χ0v) is 14.3. The summed E-state index contributed by atoms with van der Waals surface area (Å²) in [7, 11) is 0. The molecule has 0 aliphatic rings. The summed E-state index contributed by atoms with van der Waals surface area (Å²) in [4.78, 5) is 0. The minimum Gasteiger partial charge on any atom is -0.310 e. The number of aryl methyl sites for hydroxylation is 2. The normalized spacial score (nSPS) is 12.4. The van der Waals surface area contributed by atoms with E-state index in [0.717, 1.165) is 18.5 Å². The topological polar surface area (TPSA) is 12.0 Å². The molecule has 21 heavy (non-hydrogen) atoms. The van der Waals surface area contributed by atoms with Gasteiger partial charge < -0.3 is 5.32 Å². The van der Waals surface area contributed by atoms with Crippen molar-refractivity contribution in [1.82, 2.24) is 5.32 Å². The summed E-state index contributed by atoms with van der Waals surface area (Å²) in [6.45, 7) is 7.14. The van der Waals surface area contributed by atoms with E-state index in [0.29, 0.717) is 4.47 Å². The highest BCUT2D eigenvalue weighted by Crippen LogP contribution is 2.29. The Hall–Kier alpha value is -1.19. The lowest BCUT2D eigenvalue weighted by Crippen LogP contribution is -2.24. The predicted molar refractivity (Wildman–Crippen MR) is 90.1 cm³/mol. The second-order valence-electron chi connectivity index (χ2n) is 5.39. The van der Waals surface area contributed by atoms with E-state index in [1.165, 1.54) is 22.8 Å². The average molecular weight is 350 g/mol. The highest BCUT2D eigenvalue weighted by atomic mass is 79.9. The van der Waals surface area contributed by atoms with E-state index in [4.69, 9.17) is 0 Å². The van der Waals surface area contributed by atoms with Gasteiger partial charge in [0, 0.05) is 6.04 Å². The van der Waals surface area contributed by atoms with Crippen LogP contribution >= 0.6 is 15.9 Å². The molecule has 1 N–H and O–H groups in total. The Morgan fingerprint density at radius 1 is 1.19 bits per heavy atom. The third kappa shape index (κ3) is 3.92. The Morgan fingerprint density at radius 2 is 1.95 bits per heavy atom. The molecule has 1 nitrogen and oxygen atoms in total. The minimum absolute atomic E-state index is 0.0978. The molecule has 0 saturated carbocycles. The monoisotopic (exact) mass is 349 g/mol. The fourth-order valence-electron chi connectivity index (χ4n) is 2.57. The lowest BCUT2D eigenvalue weighted by molar-refractivity contribution is 0.537. The standard InChI is InChI=1S/C18H21BrFN/c1-4-21-17(15-6-5-7-16(20)18(15)19)11-14-10-12(2)8-9-13(14)3/h5-10,17,21H,4,11H2,1-3H3. The van der Waals surface area contributed by atoms with Gasteiger partial charge in [-0.3, -0.25) is 0 Å². The molecule has 0 saturated heterocycles. The molecule has 2 rings (SSSR count). The molecule has 1 atom stereocenters. The van der Waals surface area contributed by atoms with Crippen molar-refractivity contribution in [3.63, 3.8) is 0 Å². The Morgan fingerprint density at radius 3 is 2.67 bits per heavy atom. The van der Waals surface area contributed by atoms with Crippen molar-refractivity contribution in [1.29, 1.82) is 0 Å². The van der Waals surface area contributed by atoms with Gasteiger partial charge in [-0.2, -0.15) is 0 Å². The molecule has 2 aromatic rings. The van der Waals surface area contributed by atoms with Crippen LogP contribution in [0.4, 0.5) is 4.39 Å². The van der Waals surface area contributed by atoms with Crippen LogP contribution in [0.15, 0.2) is 40.9 Å². The smallest absolute Gasteiger partial charge is 0.137 e. The number of nitrogens with one attached hydrogen (secondary N) is 1. The first-order valence-electron chi connectivity index (χ1n) is 7.26. The minimum atomic E-state index is -0.212. The van der Waals surface area contributed by atoms with Gasteiger partial charge in [0.25, 0.3) is 0 Å². The van der Waals surface area contributed by atoms with E-state index in [9.17, 15) is 4.39 Å². The third-order valence-electron chi connectivity index (χ3n) is 3.74. The van der Waals surface area contributed by atoms with Crippen molar-refractivity contribution < 1.29 is 4.39 Å². The fourth-order valence-corrected chi connectivity index (χ4v) is 3.11. The van der Waals surface area contributed by atoms with Gasteiger partial charge in [-0.15, -0.1) is 0 Å². The SMILES string of the molecule is CCNC(Cc1cc(C)ccc1C)c1cccc(F)c1Br. The maximum atomic E-state index is 13.8. The van der Waals surface area contributed by atoms with Crippen LogP contribution in [0.3, 0.4) is 0 Å². The van der Waals surface area contributed by atoms with Crippen LogP contribution in [0.25, 0.3) is 0 Å². The molecule has 0 aliphatic heterocycles.